The number of phenolic OH excluding ortho intramolecular Hbond substituents is 1. The predicted molar refractivity (Wildman–Crippen MR) is 85.1 cm³/mol. The Kier molecular flexibility index (Phi) is 5.00. The molecule has 0 amide bonds. The fourth-order valence-corrected chi connectivity index (χ4v) is 1.95. The molecule has 22 heavy (non-hydrogen) atoms. The summed E-state index contributed by atoms with van der Waals surface area (Å²) in [5.41, 5.74) is 3.66. The maximum Gasteiger partial charge on any atom is 0.252 e. The Labute approximate surface area is 131 Å². The average molecular weight is 323 g/mol. The zero-order valence-electron chi connectivity index (χ0n) is 12.1. The fourth-order valence-electron chi connectivity index (χ4n) is 1.73. The van der Waals surface area contributed by atoms with Gasteiger partial charge in [0.05, 0.1) is 18.3 Å². The van der Waals surface area contributed by atoms with E-state index in [1.54, 1.807) is 6.07 Å². The van der Waals surface area contributed by atoms with E-state index >= 15 is 0 Å². The van der Waals surface area contributed by atoms with Crippen LogP contribution in [0.5, 0.6) is 11.5 Å². The lowest BCUT2D eigenvalue weighted by Crippen LogP contribution is -2.11. The number of methoxy groups -OCH3 is 1. The largest absolute Gasteiger partial charge is 0.503 e. The summed E-state index contributed by atoms with van der Waals surface area (Å²) < 4.78 is 5.00. The lowest BCUT2D eigenvalue weighted by atomic mass is 10.2. The maximum absolute atomic E-state index is 11.4. The number of hydrazone groups is 1. The van der Waals surface area contributed by atoms with Gasteiger partial charge in [-0.3, -0.25) is 9.78 Å². The number of phenols is 1. The summed E-state index contributed by atoms with van der Waals surface area (Å²) in [4.78, 5) is 18.1. The fraction of sp³-hybridized carbons (Fsp3) is 0.214. The SMILES string of the molecule is CCc1cc(=O)[nH]c(N/N=C\c2cc(Cl)c(O)c(OC)c2)n1. The van der Waals surface area contributed by atoms with Gasteiger partial charge in [-0.1, -0.05) is 18.5 Å². The van der Waals surface area contributed by atoms with Gasteiger partial charge in [-0.05, 0) is 24.1 Å². The molecule has 0 saturated heterocycles. The lowest BCUT2D eigenvalue weighted by Gasteiger charge is -2.06. The molecule has 1 aromatic carbocycles. The number of aryl methyl sites for hydroxylation is 1. The van der Waals surface area contributed by atoms with E-state index in [1.165, 1.54) is 25.5 Å². The number of benzene rings is 1. The highest BCUT2D eigenvalue weighted by molar-refractivity contribution is 6.32. The van der Waals surface area contributed by atoms with Crippen LogP contribution in [0.3, 0.4) is 0 Å². The van der Waals surface area contributed by atoms with E-state index in [4.69, 9.17) is 16.3 Å². The molecule has 0 spiro atoms. The van der Waals surface area contributed by atoms with Crippen LogP contribution in [0, 0.1) is 0 Å². The number of nitrogens with zero attached hydrogens (tertiary/aromatic N) is 2. The summed E-state index contributed by atoms with van der Waals surface area (Å²) >= 11 is 5.88. The van der Waals surface area contributed by atoms with Crippen LogP contribution in [0.25, 0.3) is 0 Å². The molecule has 0 unspecified atom stereocenters. The minimum atomic E-state index is -0.251. The quantitative estimate of drug-likeness (QED) is 0.578. The van der Waals surface area contributed by atoms with Crippen molar-refractivity contribution in [3.05, 3.63) is 44.8 Å². The number of nitrogens with one attached hydrogen (secondary N) is 2. The van der Waals surface area contributed by atoms with Crippen molar-refractivity contribution in [2.24, 2.45) is 5.10 Å². The normalized spacial score (nSPS) is 10.9. The highest BCUT2D eigenvalue weighted by Gasteiger charge is 2.07. The first kappa shape index (κ1) is 15.8. The van der Waals surface area contributed by atoms with Gasteiger partial charge in [0.1, 0.15) is 0 Å². The first-order chi connectivity index (χ1) is 10.5. The smallest absolute Gasteiger partial charge is 0.252 e. The third-order valence-corrected chi connectivity index (χ3v) is 3.10. The molecule has 2 rings (SSSR count). The van der Waals surface area contributed by atoms with E-state index in [-0.39, 0.29) is 28.0 Å². The summed E-state index contributed by atoms with van der Waals surface area (Å²) in [5.74, 6) is 0.363. The maximum atomic E-state index is 11.4. The van der Waals surface area contributed by atoms with E-state index in [9.17, 15) is 9.90 Å². The van der Waals surface area contributed by atoms with E-state index < -0.39 is 0 Å². The minimum Gasteiger partial charge on any atom is -0.503 e. The van der Waals surface area contributed by atoms with Gasteiger partial charge in [-0.2, -0.15) is 5.10 Å². The van der Waals surface area contributed by atoms with Gasteiger partial charge in [-0.15, -0.1) is 0 Å². The first-order valence-corrected chi connectivity index (χ1v) is 6.87. The summed E-state index contributed by atoms with van der Waals surface area (Å²) in [6, 6.07) is 4.54. The van der Waals surface area contributed by atoms with Crippen molar-refractivity contribution in [1.29, 1.82) is 0 Å². The van der Waals surface area contributed by atoms with Crippen LogP contribution in [-0.4, -0.2) is 28.4 Å². The molecular formula is C14H15ClN4O3. The number of anilines is 1. The third-order valence-electron chi connectivity index (χ3n) is 2.81. The van der Waals surface area contributed by atoms with Crippen LogP contribution in [-0.2, 0) is 6.42 Å². The molecule has 3 N–H and O–H groups in total. The number of H-pyrrole nitrogens is 1. The van der Waals surface area contributed by atoms with Crippen LogP contribution in [0.1, 0.15) is 18.2 Å². The first-order valence-electron chi connectivity index (χ1n) is 6.49. The molecule has 0 fully saturated rings. The molecule has 116 valence electrons. The van der Waals surface area contributed by atoms with E-state index in [2.05, 4.69) is 20.5 Å². The molecule has 0 aliphatic rings. The monoisotopic (exact) mass is 322 g/mol. The zero-order chi connectivity index (χ0) is 16.1. The molecular weight excluding hydrogens is 308 g/mol. The van der Waals surface area contributed by atoms with E-state index in [1.807, 2.05) is 6.92 Å². The molecule has 1 heterocycles. The van der Waals surface area contributed by atoms with Crippen molar-refractivity contribution < 1.29 is 9.84 Å². The molecule has 0 bridgehead atoms. The molecule has 7 nitrogen and oxygen atoms in total. The Hall–Kier alpha value is -2.54. The van der Waals surface area contributed by atoms with Crippen LogP contribution in [0.4, 0.5) is 5.95 Å². The predicted octanol–water partition coefficient (Wildman–Crippen LogP) is 2.15. The minimum absolute atomic E-state index is 0.129. The van der Waals surface area contributed by atoms with Gasteiger partial charge in [-0.25, -0.2) is 10.4 Å². The van der Waals surface area contributed by atoms with Crippen molar-refractivity contribution in [2.45, 2.75) is 13.3 Å². The van der Waals surface area contributed by atoms with E-state index in [0.29, 0.717) is 17.7 Å². The standard InChI is InChI=1S/C14H15ClN4O3/c1-3-9-6-12(20)18-14(17-9)19-16-7-8-4-10(15)13(21)11(5-8)22-2/h4-7,21H,3H2,1-2H3,(H2,17,18,19,20)/b16-7-. The Morgan fingerprint density at radius 1 is 1.50 bits per heavy atom. The lowest BCUT2D eigenvalue weighted by molar-refractivity contribution is 0.373. The Balaban J connectivity index is 2.18. The molecule has 1 aromatic heterocycles. The van der Waals surface area contributed by atoms with Crippen LogP contribution >= 0.6 is 11.6 Å². The highest BCUT2D eigenvalue weighted by Crippen LogP contribution is 2.34. The molecule has 0 atom stereocenters. The second-order valence-electron chi connectivity index (χ2n) is 4.36. The number of aromatic nitrogens is 2. The number of hydrogen-bond donors (Lipinski definition) is 3. The number of halogens is 1. The Bertz CT molecular complexity index is 758. The number of aromatic amines is 1. The molecule has 0 aliphatic carbocycles. The van der Waals surface area contributed by atoms with Gasteiger partial charge >= 0.3 is 0 Å². The van der Waals surface area contributed by atoms with Gasteiger partial charge in [0.15, 0.2) is 11.5 Å². The average Bonchev–Trinajstić information content (AvgIpc) is 2.50. The van der Waals surface area contributed by atoms with Crippen molar-refractivity contribution in [2.75, 3.05) is 12.5 Å². The van der Waals surface area contributed by atoms with Gasteiger partial charge in [0.25, 0.3) is 5.56 Å². The molecule has 8 heteroatoms. The van der Waals surface area contributed by atoms with Crippen LogP contribution in [0.2, 0.25) is 5.02 Å². The van der Waals surface area contributed by atoms with E-state index in [0.717, 1.165) is 0 Å². The zero-order valence-corrected chi connectivity index (χ0v) is 12.8. The summed E-state index contributed by atoms with van der Waals surface area (Å²) in [6.07, 6.45) is 2.11. The summed E-state index contributed by atoms with van der Waals surface area (Å²) in [6.45, 7) is 1.90. The number of aromatic hydroxyl groups is 1. The molecule has 0 saturated carbocycles. The molecule has 0 radical (unpaired) electrons. The van der Waals surface area contributed by atoms with Crippen LogP contribution in [0.15, 0.2) is 28.1 Å². The van der Waals surface area contributed by atoms with Crippen molar-refractivity contribution in [3.8, 4) is 11.5 Å². The number of hydrogen-bond acceptors (Lipinski definition) is 6. The highest BCUT2D eigenvalue weighted by atomic mass is 35.5. The van der Waals surface area contributed by atoms with Crippen LogP contribution < -0.4 is 15.7 Å². The topological polar surface area (TPSA) is 99.6 Å². The van der Waals surface area contributed by atoms with Gasteiger partial charge < -0.3 is 9.84 Å². The van der Waals surface area contributed by atoms with Gasteiger partial charge in [0, 0.05) is 11.8 Å². The van der Waals surface area contributed by atoms with Crippen molar-refractivity contribution in [3.63, 3.8) is 0 Å². The molecule has 0 aliphatic heterocycles. The van der Waals surface area contributed by atoms with Crippen molar-refractivity contribution >= 4 is 23.8 Å². The Morgan fingerprint density at radius 3 is 2.95 bits per heavy atom. The van der Waals surface area contributed by atoms with Crippen molar-refractivity contribution in [1.82, 2.24) is 9.97 Å². The number of rotatable bonds is 5. The number of ether oxygens (including phenoxy) is 1. The molecule has 2 aromatic rings. The second-order valence-corrected chi connectivity index (χ2v) is 4.77. The second kappa shape index (κ2) is 6.95. The summed E-state index contributed by atoms with van der Waals surface area (Å²) in [7, 11) is 1.43. The Morgan fingerprint density at radius 2 is 2.27 bits per heavy atom. The van der Waals surface area contributed by atoms with Gasteiger partial charge in [0.2, 0.25) is 5.95 Å². The summed E-state index contributed by atoms with van der Waals surface area (Å²) in [5, 5.41) is 13.8. The third kappa shape index (κ3) is 3.76.